The predicted molar refractivity (Wildman–Crippen MR) is 453 cm³/mol. The van der Waals surface area contributed by atoms with Gasteiger partial charge in [-0.2, -0.15) is 0 Å². The van der Waals surface area contributed by atoms with Gasteiger partial charge in [-0.05, 0) is 116 Å². The zero-order chi connectivity index (χ0) is 88.9. The number of primary amides is 4. The van der Waals surface area contributed by atoms with E-state index in [4.69, 9.17) is 28.7 Å². The molecule has 0 spiro atoms. The van der Waals surface area contributed by atoms with Gasteiger partial charge in [0.2, 0.25) is 88.6 Å². The molecule has 2 aliphatic rings. The van der Waals surface area contributed by atoms with E-state index in [-0.39, 0.29) is 95.6 Å². The molecule has 2 saturated heterocycles. The third-order valence-electron chi connectivity index (χ3n) is 22.7. The van der Waals surface area contributed by atoms with Gasteiger partial charge >= 0.3 is 5.97 Å². The van der Waals surface area contributed by atoms with Gasteiger partial charge in [0.25, 0.3) is 0 Å². The molecule has 0 bridgehead atoms. The van der Waals surface area contributed by atoms with Crippen LogP contribution in [0.15, 0.2) is 122 Å². The van der Waals surface area contributed by atoms with Gasteiger partial charge in [-0.25, -0.2) is 4.79 Å². The summed E-state index contributed by atoms with van der Waals surface area (Å²) in [4.78, 5) is 241. The average molecular weight is 1700 g/mol. The molecule has 37 heteroatoms. The first-order valence-electron chi connectivity index (χ1n) is 41.4. The number of nitrogens with one attached hydrogen (secondary N) is 13. The van der Waals surface area contributed by atoms with Crippen molar-refractivity contribution in [2.24, 2.45) is 40.5 Å². The lowest BCUT2D eigenvalue weighted by Gasteiger charge is -2.32. The molecule has 6 heterocycles. The SMILES string of the molecule is CC[C@H](C)[C@H](N)C(=O)N[C@@H](CC(C)C)C(=O)N[C@@H](CCC(N)=O)C(=O)N[C@@H](Cc1c[nH]c2ccccc12)C(=O)N1CCC[C@H]1C(=O)N[C@@H](Cc1c[nH]c2ccccc12)C(=O)N[C@@H](Cc1c[nH]c2ccccc12)C(=O)N1CCC[C@H]1C(=O)N[C@@H](Cc1c[nH]c2ccccc12)C(=O)N[C@@H](CCC(N)=O)C(=O)N[C@@H](CCC(N)=O)C(=O)N[C@@H](CCC(N)=O)C(=O)O. The minimum Gasteiger partial charge on any atom is -0.480 e. The number of hydrogen-bond donors (Lipinski definition) is 19. The Morgan fingerprint density at radius 1 is 0.382 bits per heavy atom. The molecule has 15 amide bonds. The average Bonchev–Trinajstić information content (AvgIpc) is 1.69. The number of aromatic nitrogens is 4. The topological polar surface area (TPSA) is 601 Å². The molecule has 0 saturated carbocycles. The number of H-pyrrole nitrogens is 4. The molecule has 8 aromatic rings. The molecule has 656 valence electrons. The van der Waals surface area contributed by atoms with Gasteiger partial charge in [0.05, 0.1) is 6.04 Å². The monoisotopic (exact) mass is 1690 g/mol. The van der Waals surface area contributed by atoms with Crippen LogP contribution in [0, 0.1) is 11.8 Å². The number of carbonyl (C=O) groups is 16. The first-order valence-corrected chi connectivity index (χ1v) is 41.4. The second-order valence-corrected chi connectivity index (χ2v) is 32.1. The molecule has 4 aromatic carbocycles. The van der Waals surface area contributed by atoms with Gasteiger partial charge in [-0.15, -0.1) is 0 Å². The van der Waals surface area contributed by atoms with Gasteiger partial charge < -0.3 is 111 Å². The fourth-order valence-corrected chi connectivity index (χ4v) is 15.8. The van der Waals surface area contributed by atoms with Crippen LogP contribution < -0.4 is 76.5 Å². The Morgan fingerprint density at radius 2 is 0.659 bits per heavy atom. The van der Waals surface area contributed by atoms with Crippen LogP contribution in [0.2, 0.25) is 0 Å². The van der Waals surface area contributed by atoms with Crippen molar-refractivity contribution in [3.63, 3.8) is 0 Å². The van der Waals surface area contributed by atoms with Gasteiger partial charge in [0, 0.05) is 133 Å². The molecular weight excluding hydrogens is 1590 g/mol. The predicted octanol–water partition coefficient (Wildman–Crippen LogP) is 0.794. The molecule has 4 aromatic heterocycles. The Morgan fingerprint density at radius 3 is 0.967 bits per heavy atom. The van der Waals surface area contributed by atoms with Crippen molar-refractivity contribution in [1.29, 1.82) is 0 Å². The van der Waals surface area contributed by atoms with E-state index in [1.165, 1.54) is 9.80 Å². The fourth-order valence-electron chi connectivity index (χ4n) is 15.8. The number of carbonyl (C=O) groups excluding carboxylic acids is 15. The smallest absolute Gasteiger partial charge is 0.326 e. The van der Waals surface area contributed by atoms with Crippen molar-refractivity contribution in [2.75, 3.05) is 13.1 Å². The zero-order valence-electron chi connectivity index (χ0n) is 69.0. The number of nitrogens with zero attached hydrogens (tertiary/aromatic N) is 2. The van der Waals surface area contributed by atoms with Crippen molar-refractivity contribution in [1.82, 2.24) is 77.6 Å². The normalized spacial score (nSPS) is 16.6. The van der Waals surface area contributed by atoms with Crippen molar-refractivity contribution in [3.8, 4) is 0 Å². The van der Waals surface area contributed by atoms with Crippen molar-refractivity contribution >= 4 is 138 Å². The maximum Gasteiger partial charge on any atom is 0.326 e. The summed E-state index contributed by atoms with van der Waals surface area (Å²) >= 11 is 0. The molecule has 0 aliphatic carbocycles. The quantitative estimate of drug-likeness (QED) is 0.0251. The van der Waals surface area contributed by atoms with Crippen LogP contribution in [0.1, 0.15) is 140 Å². The number of rotatable bonds is 45. The highest BCUT2D eigenvalue weighted by molar-refractivity contribution is 6.02. The summed E-state index contributed by atoms with van der Waals surface area (Å²) in [6.45, 7) is 7.29. The largest absolute Gasteiger partial charge is 0.480 e. The van der Waals surface area contributed by atoms with Gasteiger partial charge in [0.1, 0.15) is 66.5 Å². The Hall–Kier alpha value is -13.5. The molecule has 0 radical (unpaired) electrons. The van der Waals surface area contributed by atoms with Crippen LogP contribution in [0.3, 0.4) is 0 Å². The molecule has 0 unspecified atom stereocenters. The van der Waals surface area contributed by atoms with Crippen LogP contribution in [-0.2, 0) is 102 Å². The Balaban J connectivity index is 0.937. The standard InChI is InChI=1S/C86H110N20O17/c1-5-46(4)74(91)83(119)102-63(36-45(2)3)78(114)97-61(28-32-72(89)109)77(113)103-66(39-49-43-94-57-22-12-8-18-53(49)57)84(120)105-34-14-25-69(105)82(118)101-65(38-48-42-93-56-21-11-7-17-52(48)56)80(116)104-67(40-50-44-95-58-23-13-9-19-54(50)58)85(121)106-35-15-24-68(106)81(117)100-64(37-47-41-92-55-20-10-6-16-51(47)55)79(115)98-59(26-30-70(87)107)75(111)96-60(27-31-71(88)108)76(112)99-62(86(122)123)29-33-73(90)110/h6-13,16-23,41-46,59-69,74,92-95H,5,14-15,24-40,91H2,1-4H3,(H2,87,107)(H2,88,108)(H2,89,109)(H2,90,110)(H,96,111)(H,97,114)(H,98,115)(H,99,112)(H,100,117)(H,101,118)(H,102,119)(H,103,113)(H,104,116)(H,122,123)/t46-,59-,60-,61-,62-,63-,64-,65-,66-,67-,68-,69-,74-/m0/s1. The van der Waals surface area contributed by atoms with E-state index in [1.807, 2.05) is 63.2 Å². The number of likely N-dealkylation sites (tertiary alicyclic amines) is 2. The van der Waals surface area contributed by atoms with Crippen molar-refractivity contribution < 1.29 is 81.8 Å². The maximum atomic E-state index is 15.9. The van der Waals surface area contributed by atoms with Crippen LogP contribution in [0.5, 0.6) is 0 Å². The maximum absolute atomic E-state index is 15.9. The fraction of sp³-hybridized carbons (Fsp3) is 0.442. The number of amides is 15. The molecule has 13 atom stereocenters. The summed E-state index contributed by atoms with van der Waals surface area (Å²) in [6.07, 6.45) is 3.51. The number of carboxylic acid groups (broad SMARTS) is 1. The van der Waals surface area contributed by atoms with Crippen molar-refractivity contribution in [2.45, 2.75) is 216 Å². The lowest BCUT2D eigenvalue weighted by Crippen LogP contribution is -2.61. The number of para-hydroxylation sites is 4. The van der Waals surface area contributed by atoms with Gasteiger partial charge in [-0.1, -0.05) is 107 Å². The Bertz CT molecular complexity index is 5220. The Kier molecular flexibility index (Phi) is 31.8. The first kappa shape index (κ1) is 91.8. The van der Waals surface area contributed by atoms with Gasteiger partial charge in [0.15, 0.2) is 0 Å². The number of aromatic amines is 4. The third kappa shape index (κ3) is 24.4. The molecular formula is C86H110N20O17. The van der Waals surface area contributed by atoms with E-state index in [1.54, 1.807) is 86.3 Å². The molecule has 2 aliphatic heterocycles. The van der Waals surface area contributed by atoms with E-state index in [2.05, 4.69) is 67.8 Å². The lowest BCUT2D eigenvalue weighted by atomic mass is 9.97. The van der Waals surface area contributed by atoms with E-state index in [0.29, 0.717) is 72.3 Å². The molecule has 2 fully saturated rings. The number of fused-ring (bicyclic) bond motifs is 4. The number of nitrogens with two attached hydrogens (primary N) is 5. The number of carboxylic acids is 1. The molecule has 24 N–H and O–H groups in total. The first-order chi connectivity index (χ1) is 58.7. The van der Waals surface area contributed by atoms with Gasteiger partial charge in [-0.3, -0.25) is 71.9 Å². The summed E-state index contributed by atoms with van der Waals surface area (Å²) in [7, 11) is 0. The van der Waals surface area contributed by atoms with E-state index >= 15 is 28.8 Å². The Labute approximate surface area is 707 Å². The number of aliphatic carboxylic acids is 1. The molecule has 37 nitrogen and oxygen atoms in total. The summed E-state index contributed by atoms with van der Waals surface area (Å²) in [5.41, 5.74) is 33.1. The zero-order valence-corrected chi connectivity index (χ0v) is 69.0. The molecule has 123 heavy (non-hydrogen) atoms. The summed E-state index contributed by atoms with van der Waals surface area (Å²) in [5.74, 6) is -14.9. The second-order valence-electron chi connectivity index (χ2n) is 32.1. The van der Waals surface area contributed by atoms with Crippen LogP contribution in [-0.4, -0.2) is 215 Å². The number of hydrogen-bond acceptors (Lipinski definition) is 17. The second kappa shape index (κ2) is 42.6. The summed E-state index contributed by atoms with van der Waals surface area (Å²) < 4.78 is 0. The number of benzene rings is 4. The lowest BCUT2D eigenvalue weighted by molar-refractivity contribution is -0.143. The van der Waals surface area contributed by atoms with E-state index in [9.17, 15) is 53.1 Å². The highest BCUT2D eigenvalue weighted by Gasteiger charge is 2.44. The van der Waals surface area contributed by atoms with Crippen molar-refractivity contribution in [3.05, 3.63) is 144 Å². The summed E-state index contributed by atoms with van der Waals surface area (Å²) in [6, 6.07) is 11.3. The highest BCUT2D eigenvalue weighted by atomic mass is 16.4. The van der Waals surface area contributed by atoms with E-state index < -0.39 is 206 Å². The minimum atomic E-state index is -1.72. The summed E-state index contributed by atoms with van der Waals surface area (Å²) in [5, 5.41) is 36.9. The van der Waals surface area contributed by atoms with Crippen LogP contribution in [0.4, 0.5) is 0 Å². The highest BCUT2D eigenvalue weighted by Crippen LogP contribution is 2.29. The van der Waals surface area contributed by atoms with Crippen LogP contribution >= 0.6 is 0 Å². The minimum absolute atomic E-state index is 0.00635. The third-order valence-corrected chi connectivity index (χ3v) is 22.7. The molecule has 10 rings (SSSR count). The van der Waals surface area contributed by atoms with E-state index in [0.717, 1.165) is 0 Å². The van der Waals surface area contributed by atoms with Crippen LogP contribution in [0.25, 0.3) is 43.6 Å².